The molecule has 2 rings (SSSR count). The molecule has 0 aliphatic rings. The van der Waals surface area contributed by atoms with E-state index in [-0.39, 0.29) is 0 Å². The van der Waals surface area contributed by atoms with Gasteiger partial charge in [-0.1, -0.05) is 11.8 Å². The Labute approximate surface area is 122 Å². The summed E-state index contributed by atoms with van der Waals surface area (Å²) in [5, 5.41) is 0. The molecule has 0 saturated carbocycles. The highest BCUT2D eigenvalue weighted by atomic mass is 32.2. The van der Waals surface area contributed by atoms with E-state index in [1.807, 2.05) is 0 Å². The van der Waals surface area contributed by atoms with Crippen molar-refractivity contribution in [3.05, 3.63) is 54.1 Å². The standard InChI is InChI=1S/C13H8F4O2S2/c14-11-6-3-9(7-12(11)15)20-8-1-4-10(5-2-8)21(18,19)13(16)17/h1-7,13H. The summed E-state index contributed by atoms with van der Waals surface area (Å²) in [6.45, 7) is 0. The molecule has 0 amide bonds. The Morgan fingerprint density at radius 2 is 1.43 bits per heavy atom. The van der Waals surface area contributed by atoms with Crippen LogP contribution in [0.25, 0.3) is 0 Å². The van der Waals surface area contributed by atoms with Crippen LogP contribution in [-0.2, 0) is 9.84 Å². The highest BCUT2D eigenvalue weighted by Gasteiger charge is 2.26. The molecular weight excluding hydrogens is 328 g/mol. The molecule has 8 heteroatoms. The third-order valence-corrected chi connectivity index (χ3v) is 4.91. The highest BCUT2D eigenvalue weighted by molar-refractivity contribution is 7.99. The van der Waals surface area contributed by atoms with Crippen molar-refractivity contribution < 1.29 is 26.0 Å². The SMILES string of the molecule is O=S(=O)(c1ccc(Sc2ccc(F)c(F)c2)cc1)C(F)F. The van der Waals surface area contributed by atoms with Crippen LogP contribution in [0.5, 0.6) is 0 Å². The number of hydrogen-bond acceptors (Lipinski definition) is 3. The lowest BCUT2D eigenvalue weighted by Crippen LogP contribution is -2.10. The van der Waals surface area contributed by atoms with Gasteiger partial charge in [0.2, 0.25) is 9.84 Å². The molecule has 2 aromatic rings. The Bertz CT molecular complexity index is 743. The van der Waals surface area contributed by atoms with Crippen LogP contribution in [0.1, 0.15) is 0 Å². The maximum atomic E-state index is 13.0. The van der Waals surface area contributed by atoms with E-state index < -0.39 is 32.1 Å². The van der Waals surface area contributed by atoms with Gasteiger partial charge in [-0.25, -0.2) is 17.2 Å². The summed E-state index contributed by atoms with van der Waals surface area (Å²) in [4.78, 5) is 0.416. The fourth-order valence-electron chi connectivity index (χ4n) is 1.48. The summed E-state index contributed by atoms with van der Waals surface area (Å²) in [6.07, 6.45) is 0. The van der Waals surface area contributed by atoms with Crippen LogP contribution >= 0.6 is 11.8 Å². The van der Waals surface area contributed by atoms with E-state index >= 15 is 0 Å². The average molecular weight is 336 g/mol. The summed E-state index contributed by atoms with van der Waals surface area (Å²) in [5.74, 6) is -5.46. The van der Waals surface area contributed by atoms with Gasteiger partial charge in [-0.15, -0.1) is 0 Å². The maximum Gasteiger partial charge on any atom is 0.341 e. The van der Waals surface area contributed by atoms with Crippen LogP contribution < -0.4 is 0 Å². The predicted octanol–water partition coefficient (Wildman–Crippen LogP) is 4.11. The minimum atomic E-state index is -4.63. The van der Waals surface area contributed by atoms with Gasteiger partial charge in [-0.2, -0.15) is 8.78 Å². The lowest BCUT2D eigenvalue weighted by atomic mass is 10.3. The molecule has 0 heterocycles. The smallest absolute Gasteiger partial charge is 0.218 e. The third kappa shape index (κ3) is 3.56. The number of hydrogen-bond donors (Lipinski definition) is 0. The van der Waals surface area contributed by atoms with E-state index in [1.165, 1.54) is 18.2 Å². The number of halogens is 4. The molecule has 0 saturated heterocycles. The van der Waals surface area contributed by atoms with Crippen LogP contribution in [-0.4, -0.2) is 14.2 Å². The second kappa shape index (κ2) is 6.07. The average Bonchev–Trinajstić information content (AvgIpc) is 2.43. The Balaban J connectivity index is 2.22. The second-order valence-corrected chi connectivity index (χ2v) is 7.02. The summed E-state index contributed by atoms with van der Waals surface area (Å²) in [7, 11) is -4.63. The number of sulfone groups is 1. The summed E-state index contributed by atoms with van der Waals surface area (Å²) < 4.78 is 73.0. The largest absolute Gasteiger partial charge is 0.341 e. The van der Waals surface area contributed by atoms with Crippen LogP contribution in [0, 0.1) is 11.6 Å². The summed E-state index contributed by atoms with van der Waals surface area (Å²) in [6, 6.07) is 8.04. The van der Waals surface area contributed by atoms with E-state index in [2.05, 4.69) is 0 Å². The highest BCUT2D eigenvalue weighted by Crippen LogP contribution is 2.30. The Hall–Kier alpha value is -1.54. The first-order valence-electron chi connectivity index (χ1n) is 5.56. The molecule has 0 aliphatic carbocycles. The lowest BCUT2D eigenvalue weighted by Gasteiger charge is -2.05. The fourth-order valence-corrected chi connectivity index (χ4v) is 3.04. The normalized spacial score (nSPS) is 11.9. The maximum absolute atomic E-state index is 13.0. The molecule has 0 bridgehead atoms. The van der Waals surface area contributed by atoms with Gasteiger partial charge < -0.3 is 0 Å². The van der Waals surface area contributed by atoms with Gasteiger partial charge in [-0.05, 0) is 42.5 Å². The summed E-state index contributed by atoms with van der Waals surface area (Å²) >= 11 is 1.05. The molecular formula is C13H8F4O2S2. The molecule has 0 aliphatic heterocycles. The first kappa shape index (κ1) is 15.8. The Morgan fingerprint density at radius 3 is 1.95 bits per heavy atom. The van der Waals surface area contributed by atoms with Crippen molar-refractivity contribution in [3.8, 4) is 0 Å². The van der Waals surface area contributed by atoms with Gasteiger partial charge in [-0.3, -0.25) is 0 Å². The molecule has 112 valence electrons. The topological polar surface area (TPSA) is 34.1 Å². The number of benzene rings is 2. The Kier molecular flexibility index (Phi) is 4.58. The third-order valence-electron chi connectivity index (χ3n) is 2.51. The van der Waals surface area contributed by atoms with Crippen molar-refractivity contribution >= 4 is 21.6 Å². The van der Waals surface area contributed by atoms with Crippen LogP contribution in [0.3, 0.4) is 0 Å². The van der Waals surface area contributed by atoms with Crippen molar-refractivity contribution in [3.63, 3.8) is 0 Å². The molecule has 0 aromatic heterocycles. The molecule has 0 unspecified atom stereocenters. The fraction of sp³-hybridized carbons (Fsp3) is 0.0769. The van der Waals surface area contributed by atoms with E-state index in [0.717, 1.165) is 36.0 Å². The van der Waals surface area contributed by atoms with Crippen molar-refractivity contribution in [1.82, 2.24) is 0 Å². The quantitative estimate of drug-likeness (QED) is 0.788. The second-order valence-electron chi connectivity index (χ2n) is 3.96. The van der Waals surface area contributed by atoms with Gasteiger partial charge in [0.25, 0.3) is 0 Å². The molecule has 0 atom stereocenters. The zero-order chi connectivity index (χ0) is 15.6. The Morgan fingerprint density at radius 1 is 0.857 bits per heavy atom. The predicted molar refractivity (Wildman–Crippen MR) is 70.1 cm³/mol. The van der Waals surface area contributed by atoms with Gasteiger partial charge >= 0.3 is 5.76 Å². The van der Waals surface area contributed by atoms with E-state index in [4.69, 9.17) is 0 Å². The minimum absolute atomic E-state index is 0.401. The van der Waals surface area contributed by atoms with Crippen LogP contribution in [0.15, 0.2) is 57.2 Å². The molecule has 0 radical (unpaired) electrons. The number of alkyl halides is 2. The summed E-state index contributed by atoms with van der Waals surface area (Å²) in [5.41, 5.74) is 0. The first-order valence-corrected chi connectivity index (χ1v) is 7.92. The van der Waals surface area contributed by atoms with Crippen LogP contribution in [0.4, 0.5) is 17.6 Å². The lowest BCUT2D eigenvalue weighted by molar-refractivity contribution is 0.234. The molecule has 2 aromatic carbocycles. The van der Waals surface area contributed by atoms with E-state index in [0.29, 0.717) is 9.79 Å². The molecule has 0 fully saturated rings. The number of rotatable bonds is 4. The molecule has 0 N–H and O–H groups in total. The van der Waals surface area contributed by atoms with E-state index in [1.54, 1.807) is 0 Å². The van der Waals surface area contributed by atoms with Crippen molar-refractivity contribution in [1.29, 1.82) is 0 Å². The van der Waals surface area contributed by atoms with E-state index in [9.17, 15) is 26.0 Å². The van der Waals surface area contributed by atoms with Crippen molar-refractivity contribution in [2.45, 2.75) is 20.4 Å². The zero-order valence-electron chi connectivity index (χ0n) is 10.3. The van der Waals surface area contributed by atoms with Crippen molar-refractivity contribution in [2.75, 3.05) is 0 Å². The zero-order valence-corrected chi connectivity index (χ0v) is 11.9. The van der Waals surface area contributed by atoms with Gasteiger partial charge in [0, 0.05) is 9.79 Å². The van der Waals surface area contributed by atoms with Crippen LogP contribution in [0.2, 0.25) is 0 Å². The van der Waals surface area contributed by atoms with Gasteiger partial charge in [0.1, 0.15) is 0 Å². The monoisotopic (exact) mass is 336 g/mol. The minimum Gasteiger partial charge on any atom is -0.218 e. The first-order chi connectivity index (χ1) is 9.80. The molecule has 0 spiro atoms. The van der Waals surface area contributed by atoms with Crippen molar-refractivity contribution in [2.24, 2.45) is 0 Å². The van der Waals surface area contributed by atoms with Gasteiger partial charge in [0.05, 0.1) is 4.90 Å². The van der Waals surface area contributed by atoms with Gasteiger partial charge in [0.15, 0.2) is 11.6 Å². The molecule has 21 heavy (non-hydrogen) atoms. The molecule has 2 nitrogen and oxygen atoms in total.